The molecule has 1 heterocycles. The Balaban J connectivity index is 2.03. The summed E-state index contributed by atoms with van der Waals surface area (Å²) in [5.41, 5.74) is 8.30. The summed E-state index contributed by atoms with van der Waals surface area (Å²) in [6.45, 7) is 1.95. The molecule has 0 spiro atoms. The molecule has 22 heavy (non-hydrogen) atoms. The molecule has 0 atom stereocenters. The molecule has 0 radical (unpaired) electrons. The van der Waals surface area contributed by atoms with Gasteiger partial charge in [0.15, 0.2) is 5.84 Å². The lowest BCUT2D eigenvalue weighted by Crippen LogP contribution is -2.19. The number of para-hydroxylation sites is 1. The van der Waals surface area contributed by atoms with Gasteiger partial charge in [0, 0.05) is 18.3 Å². The van der Waals surface area contributed by atoms with Crippen molar-refractivity contribution in [3.63, 3.8) is 0 Å². The molecule has 1 aromatic carbocycles. The van der Waals surface area contributed by atoms with Gasteiger partial charge in [0.05, 0.1) is 19.2 Å². The van der Waals surface area contributed by atoms with E-state index in [0.717, 1.165) is 11.3 Å². The number of rotatable bonds is 5. The number of methoxy groups -OCH3 is 1. The fourth-order valence-electron chi connectivity index (χ4n) is 2.05. The van der Waals surface area contributed by atoms with Gasteiger partial charge in [-0.2, -0.15) is 0 Å². The van der Waals surface area contributed by atoms with Crippen molar-refractivity contribution in [2.24, 2.45) is 17.9 Å². The lowest BCUT2D eigenvalue weighted by molar-refractivity contribution is -0.142. The van der Waals surface area contributed by atoms with E-state index in [1.54, 1.807) is 19.2 Å². The van der Waals surface area contributed by atoms with Crippen molar-refractivity contribution >= 4 is 11.8 Å². The first-order valence-corrected chi connectivity index (χ1v) is 6.81. The van der Waals surface area contributed by atoms with Crippen LogP contribution in [0.2, 0.25) is 0 Å². The standard InChI is InChI=1S/C16H19N3O3/c1-11-8-9-13(19(11)2)16(17)18-22-15(20)10-12-6-4-5-7-14(12)21-3/h4-9H,10H2,1-3H3,(H2,17,18). The Morgan fingerprint density at radius 2 is 2.00 bits per heavy atom. The van der Waals surface area contributed by atoms with Crippen LogP contribution >= 0.6 is 0 Å². The van der Waals surface area contributed by atoms with Gasteiger partial charge in [-0.15, -0.1) is 0 Å². The molecule has 1 aromatic heterocycles. The molecular weight excluding hydrogens is 282 g/mol. The van der Waals surface area contributed by atoms with E-state index in [1.165, 1.54) is 0 Å². The summed E-state index contributed by atoms with van der Waals surface area (Å²) in [6.07, 6.45) is 0.0625. The van der Waals surface area contributed by atoms with Crippen LogP contribution in [0.5, 0.6) is 5.75 Å². The third-order valence-electron chi connectivity index (χ3n) is 3.41. The smallest absolute Gasteiger partial charge is 0.339 e. The Hall–Kier alpha value is -2.76. The zero-order valence-corrected chi connectivity index (χ0v) is 12.9. The van der Waals surface area contributed by atoms with Gasteiger partial charge in [0.25, 0.3) is 0 Å². The summed E-state index contributed by atoms with van der Waals surface area (Å²) in [7, 11) is 3.42. The van der Waals surface area contributed by atoms with E-state index in [4.69, 9.17) is 15.3 Å². The van der Waals surface area contributed by atoms with E-state index in [9.17, 15) is 4.79 Å². The molecule has 0 unspecified atom stereocenters. The lowest BCUT2D eigenvalue weighted by Gasteiger charge is -2.07. The number of hydrogen-bond acceptors (Lipinski definition) is 4. The van der Waals surface area contributed by atoms with E-state index in [-0.39, 0.29) is 12.3 Å². The summed E-state index contributed by atoms with van der Waals surface area (Å²) in [5, 5.41) is 3.70. The second-order valence-corrected chi connectivity index (χ2v) is 4.85. The maximum Gasteiger partial charge on any atom is 0.339 e. The molecular formula is C16H19N3O3. The van der Waals surface area contributed by atoms with Crippen LogP contribution in [0.15, 0.2) is 41.6 Å². The Morgan fingerprint density at radius 3 is 2.64 bits per heavy atom. The Bertz CT molecular complexity index is 704. The summed E-state index contributed by atoms with van der Waals surface area (Å²) in [4.78, 5) is 16.7. The van der Waals surface area contributed by atoms with Crippen LogP contribution in [0.25, 0.3) is 0 Å². The predicted octanol–water partition coefficient (Wildman–Crippen LogP) is 1.75. The van der Waals surface area contributed by atoms with E-state index < -0.39 is 5.97 Å². The molecule has 116 valence electrons. The summed E-state index contributed by atoms with van der Waals surface area (Å²) in [5.74, 6) is 0.289. The molecule has 0 saturated carbocycles. The summed E-state index contributed by atoms with van der Waals surface area (Å²) in [6, 6.07) is 11.0. The topological polar surface area (TPSA) is 78.8 Å². The highest BCUT2D eigenvalue weighted by Crippen LogP contribution is 2.18. The zero-order valence-electron chi connectivity index (χ0n) is 12.9. The lowest BCUT2D eigenvalue weighted by atomic mass is 10.1. The predicted molar refractivity (Wildman–Crippen MR) is 83.7 cm³/mol. The van der Waals surface area contributed by atoms with Crippen LogP contribution in [-0.4, -0.2) is 23.5 Å². The van der Waals surface area contributed by atoms with E-state index in [2.05, 4.69) is 5.16 Å². The second-order valence-electron chi connectivity index (χ2n) is 4.85. The second kappa shape index (κ2) is 6.80. The molecule has 2 aromatic rings. The molecule has 0 amide bonds. The quantitative estimate of drug-likeness (QED) is 0.395. The van der Waals surface area contributed by atoms with Crippen LogP contribution < -0.4 is 10.5 Å². The number of carbonyl (C=O) groups excluding carboxylic acids is 1. The SMILES string of the molecule is COc1ccccc1CC(=O)ON=C(N)c1ccc(C)n1C. The van der Waals surface area contributed by atoms with Gasteiger partial charge in [-0.05, 0) is 25.1 Å². The molecule has 0 aliphatic carbocycles. The molecule has 0 aliphatic rings. The summed E-state index contributed by atoms with van der Waals surface area (Å²) < 4.78 is 7.06. The molecule has 2 rings (SSSR count). The number of oxime groups is 1. The fraction of sp³-hybridized carbons (Fsp3) is 0.250. The number of amidine groups is 1. The summed E-state index contributed by atoms with van der Waals surface area (Å²) >= 11 is 0. The Labute approximate surface area is 129 Å². The van der Waals surface area contributed by atoms with Gasteiger partial charge in [-0.25, -0.2) is 4.79 Å². The number of carbonyl (C=O) groups is 1. The van der Waals surface area contributed by atoms with E-state index >= 15 is 0 Å². The van der Waals surface area contributed by atoms with E-state index in [1.807, 2.05) is 42.8 Å². The maximum absolute atomic E-state index is 11.9. The highest BCUT2D eigenvalue weighted by Gasteiger charge is 2.11. The number of ether oxygens (including phenoxy) is 1. The highest BCUT2D eigenvalue weighted by atomic mass is 16.7. The minimum atomic E-state index is -0.501. The third-order valence-corrected chi connectivity index (χ3v) is 3.41. The fourth-order valence-corrected chi connectivity index (χ4v) is 2.05. The maximum atomic E-state index is 11.9. The average Bonchev–Trinajstić information content (AvgIpc) is 2.85. The van der Waals surface area contributed by atoms with Crippen molar-refractivity contribution in [1.82, 2.24) is 4.57 Å². The van der Waals surface area contributed by atoms with Gasteiger partial charge in [-0.3, -0.25) is 0 Å². The normalized spacial score (nSPS) is 11.3. The largest absolute Gasteiger partial charge is 0.496 e. The van der Waals surface area contributed by atoms with Gasteiger partial charge >= 0.3 is 5.97 Å². The van der Waals surface area contributed by atoms with Gasteiger partial charge in [0.2, 0.25) is 0 Å². The van der Waals surface area contributed by atoms with Crippen LogP contribution in [0.1, 0.15) is 17.0 Å². The number of hydrogen-bond donors (Lipinski definition) is 1. The highest BCUT2D eigenvalue weighted by molar-refractivity contribution is 5.96. The first-order valence-electron chi connectivity index (χ1n) is 6.81. The van der Waals surface area contributed by atoms with E-state index in [0.29, 0.717) is 11.4 Å². The molecule has 0 fully saturated rings. The molecule has 6 nitrogen and oxygen atoms in total. The molecule has 0 aliphatic heterocycles. The van der Waals surface area contributed by atoms with Gasteiger partial charge in [-0.1, -0.05) is 23.4 Å². The first-order chi connectivity index (χ1) is 10.5. The Morgan fingerprint density at radius 1 is 1.27 bits per heavy atom. The number of benzene rings is 1. The number of nitrogens with two attached hydrogens (primary N) is 1. The monoisotopic (exact) mass is 301 g/mol. The number of aromatic nitrogens is 1. The molecule has 0 bridgehead atoms. The molecule has 0 saturated heterocycles. The van der Waals surface area contributed by atoms with Crippen molar-refractivity contribution in [2.45, 2.75) is 13.3 Å². The van der Waals surface area contributed by atoms with Crippen molar-refractivity contribution in [3.05, 3.63) is 53.3 Å². The van der Waals surface area contributed by atoms with Crippen LogP contribution in [-0.2, 0) is 23.1 Å². The number of aryl methyl sites for hydroxylation is 1. The van der Waals surface area contributed by atoms with Crippen molar-refractivity contribution in [2.75, 3.05) is 7.11 Å². The molecule has 6 heteroatoms. The van der Waals surface area contributed by atoms with Gasteiger partial charge in [0.1, 0.15) is 5.75 Å². The minimum Gasteiger partial charge on any atom is -0.496 e. The Kier molecular flexibility index (Phi) is 4.83. The van der Waals surface area contributed by atoms with Crippen LogP contribution in [0, 0.1) is 6.92 Å². The minimum absolute atomic E-state index is 0.0625. The van der Waals surface area contributed by atoms with Crippen molar-refractivity contribution < 1.29 is 14.4 Å². The number of nitrogens with zero attached hydrogens (tertiary/aromatic N) is 2. The molecule has 2 N–H and O–H groups in total. The average molecular weight is 301 g/mol. The van der Waals surface area contributed by atoms with Crippen LogP contribution in [0.3, 0.4) is 0 Å². The van der Waals surface area contributed by atoms with Crippen LogP contribution in [0.4, 0.5) is 0 Å². The van der Waals surface area contributed by atoms with Gasteiger partial charge < -0.3 is 19.9 Å². The third kappa shape index (κ3) is 3.46. The van der Waals surface area contributed by atoms with Crippen molar-refractivity contribution in [1.29, 1.82) is 0 Å². The zero-order chi connectivity index (χ0) is 16.1. The van der Waals surface area contributed by atoms with Crippen molar-refractivity contribution in [3.8, 4) is 5.75 Å². The first kappa shape index (κ1) is 15.6.